The molecule has 2 aliphatic rings. The molecule has 108 valence electrons. The minimum Gasteiger partial charge on any atom is -0.493 e. The number of fused-ring (bicyclic) bond motifs is 2. The molecule has 1 N–H and O–H groups in total. The molecule has 2 aliphatic heterocycles. The zero-order valence-corrected chi connectivity index (χ0v) is 12.4. The van der Waals surface area contributed by atoms with Crippen molar-refractivity contribution in [3.05, 3.63) is 59.2 Å². The second kappa shape index (κ2) is 5.10. The molecular formula is C19H21NO. The molecule has 0 bridgehead atoms. The van der Waals surface area contributed by atoms with E-state index < -0.39 is 0 Å². The van der Waals surface area contributed by atoms with Crippen molar-refractivity contribution in [2.75, 3.05) is 11.9 Å². The third-order valence-electron chi connectivity index (χ3n) is 4.70. The summed E-state index contributed by atoms with van der Waals surface area (Å²) < 4.78 is 5.87. The van der Waals surface area contributed by atoms with Gasteiger partial charge in [0.05, 0.1) is 6.61 Å². The van der Waals surface area contributed by atoms with Crippen molar-refractivity contribution in [1.82, 2.24) is 0 Å². The molecular weight excluding hydrogens is 258 g/mol. The maximum absolute atomic E-state index is 5.87. The van der Waals surface area contributed by atoms with Crippen LogP contribution >= 0.6 is 0 Å². The van der Waals surface area contributed by atoms with Crippen molar-refractivity contribution in [1.29, 1.82) is 0 Å². The summed E-state index contributed by atoms with van der Waals surface area (Å²) in [5.41, 5.74) is 5.50. The normalized spacial score (nSPS) is 22.9. The fraction of sp³-hybridized carbons (Fsp3) is 0.368. The summed E-state index contributed by atoms with van der Waals surface area (Å²) in [6.45, 7) is 3.11. The number of ether oxygens (including phenoxy) is 1. The number of hydrogen-bond acceptors (Lipinski definition) is 2. The first-order chi connectivity index (χ1) is 10.3. The van der Waals surface area contributed by atoms with Crippen molar-refractivity contribution in [2.45, 2.75) is 38.1 Å². The van der Waals surface area contributed by atoms with Crippen molar-refractivity contribution < 1.29 is 4.74 Å². The Kier molecular flexibility index (Phi) is 3.10. The van der Waals surface area contributed by atoms with E-state index in [4.69, 9.17) is 4.74 Å². The van der Waals surface area contributed by atoms with E-state index in [2.05, 4.69) is 54.7 Å². The fourth-order valence-electron chi connectivity index (χ4n) is 3.77. The Morgan fingerprint density at radius 1 is 1.14 bits per heavy atom. The Morgan fingerprint density at radius 2 is 2.05 bits per heavy atom. The number of nitrogens with one attached hydrogen (secondary N) is 1. The van der Waals surface area contributed by atoms with E-state index in [0.717, 1.165) is 25.2 Å². The van der Waals surface area contributed by atoms with Gasteiger partial charge in [0.15, 0.2) is 0 Å². The van der Waals surface area contributed by atoms with E-state index in [-0.39, 0.29) is 0 Å². The zero-order chi connectivity index (χ0) is 14.2. The lowest BCUT2D eigenvalue weighted by atomic mass is 9.83. The molecule has 0 aromatic heterocycles. The number of benzene rings is 2. The molecule has 4 rings (SSSR count). The Morgan fingerprint density at radius 3 is 3.00 bits per heavy atom. The van der Waals surface area contributed by atoms with Gasteiger partial charge in [0, 0.05) is 18.2 Å². The van der Waals surface area contributed by atoms with Gasteiger partial charge in [-0.2, -0.15) is 0 Å². The van der Waals surface area contributed by atoms with E-state index in [1.54, 1.807) is 0 Å². The quantitative estimate of drug-likeness (QED) is 0.891. The first kappa shape index (κ1) is 12.8. The summed E-state index contributed by atoms with van der Waals surface area (Å²) in [4.78, 5) is 0. The van der Waals surface area contributed by atoms with Gasteiger partial charge in [-0.1, -0.05) is 36.4 Å². The lowest BCUT2D eigenvalue weighted by Crippen LogP contribution is -2.26. The molecule has 2 aromatic carbocycles. The second-order valence-electron chi connectivity index (χ2n) is 6.27. The summed E-state index contributed by atoms with van der Waals surface area (Å²) in [6, 6.07) is 15.9. The fourth-order valence-corrected chi connectivity index (χ4v) is 3.77. The lowest BCUT2D eigenvalue weighted by molar-refractivity contribution is 0.352. The molecule has 0 aliphatic carbocycles. The van der Waals surface area contributed by atoms with Crippen LogP contribution in [0.1, 0.15) is 36.0 Å². The van der Waals surface area contributed by atoms with Gasteiger partial charge in [-0.05, 0) is 48.4 Å². The van der Waals surface area contributed by atoms with Gasteiger partial charge >= 0.3 is 0 Å². The molecule has 0 amide bonds. The van der Waals surface area contributed by atoms with Gasteiger partial charge in [0.2, 0.25) is 0 Å². The van der Waals surface area contributed by atoms with Crippen molar-refractivity contribution in [3.63, 3.8) is 0 Å². The van der Waals surface area contributed by atoms with E-state index >= 15 is 0 Å². The van der Waals surface area contributed by atoms with Crippen LogP contribution in [-0.4, -0.2) is 12.6 Å². The molecule has 0 fully saturated rings. The number of rotatable bonds is 2. The van der Waals surface area contributed by atoms with Gasteiger partial charge < -0.3 is 10.1 Å². The van der Waals surface area contributed by atoms with Gasteiger partial charge in [-0.3, -0.25) is 0 Å². The molecule has 2 nitrogen and oxygen atoms in total. The third kappa shape index (κ3) is 2.29. The van der Waals surface area contributed by atoms with Crippen LogP contribution in [0.25, 0.3) is 0 Å². The van der Waals surface area contributed by atoms with Crippen LogP contribution in [0, 0.1) is 0 Å². The van der Waals surface area contributed by atoms with Crippen LogP contribution in [0.5, 0.6) is 5.75 Å². The van der Waals surface area contributed by atoms with E-state index in [0.29, 0.717) is 12.0 Å². The van der Waals surface area contributed by atoms with E-state index in [1.807, 2.05) is 0 Å². The molecule has 0 saturated heterocycles. The average Bonchev–Trinajstić information content (AvgIpc) is 2.96. The van der Waals surface area contributed by atoms with Gasteiger partial charge in [-0.15, -0.1) is 0 Å². The second-order valence-corrected chi connectivity index (χ2v) is 6.27. The highest BCUT2D eigenvalue weighted by atomic mass is 16.5. The first-order valence-corrected chi connectivity index (χ1v) is 7.90. The van der Waals surface area contributed by atoms with E-state index in [9.17, 15) is 0 Å². The molecule has 0 saturated carbocycles. The molecule has 2 heterocycles. The molecule has 0 spiro atoms. The molecule has 0 radical (unpaired) electrons. The number of anilines is 1. The van der Waals surface area contributed by atoms with Crippen molar-refractivity contribution >= 4 is 5.69 Å². The Labute approximate surface area is 126 Å². The maximum Gasteiger partial charge on any atom is 0.125 e. The predicted molar refractivity (Wildman–Crippen MR) is 86.2 cm³/mol. The van der Waals surface area contributed by atoms with Crippen LogP contribution in [0.15, 0.2) is 42.5 Å². The largest absolute Gasteiger partial charge is 0.493 e. The first-order valence-electron chi connectivity index (χ1n) is 7.90. The Bertz CT molecular complexity index is 664. The number of hydrogen-bond donors (Lipinski definition) is 1. The topological polar surface area (TPSA) is 21.3 Å². The third-order valence-corrected chi connectivity index (χ3v) is 4.70. The van der Waals surface area contributed by atoms with E-state index in [1.165, 1.54) is 28.8 Å². The monoisotopic (exact) mass is 279 g/mol. The summed E-state index contributed by atoms with van der Waals surface area (Å²) >= 11 is 0. The minimum atomic E-state index is 0.530. The van der Waals surface area contributed by atoms with Crippen molar-refractivity contribution in [2.24, 2.45) is 0 Å². The summed E-state index contributed by atoms with van der Waals surface area (Å²) in [7, 11) is 0. The maximum atomic E-state index is 5.87. The standard InChI is InChI=1S/C19H21NO/c1-13-11-16(17-7-2-3-8-18(17)20-13)12-15-6-4-5-14-9-10-21-19(14)15/h2-8,13,16,20H,9-12H2,1H3. The molecule has 2 unspecified atom stereocenters. The zero-order valence-electron chi connectivity index (χ0n) is 12.4. The number of para-hydroxylation sites is 2. The van der Waals surface area contributed by atoms with Crippen LogP contribution in [0.3, 0.4) is 0 Å². The molecule has 2 aromatic rings. The van der Waals surface area contributed by atoms with Crippen LogP contribution < -0.4 is 10.1 Å². The van der Waals surface area contributed by atoms with Gasteiger partial charge in [0.1, 0.15) is 5.75 Å². The SMILES string of the molecule is CC1CC(Cc2cccc3c2OCC3)c2ccccc2N1. The average molecular weight is 279 g/mol. The summed E-state index contributed by atoms with van der Waals surface area (Å²) in [5.74, 6) is 1.73. The molecule has 2 atom stereocenters. The van der Waals surface area contributed by atoms with Gasteiger partial charge in [-0.25, -0.2) is 0 Å². The Balaban J connectivity index is 1.68. The van der Waals surface area contributed by atoms with Gasteiger partial charge in [0.25, 0.3) is 0 Å². The van der Waals surface area contributed by atoms with Crippen LogP contribution in [0.4, 0.5) is 5.69 Å². The molecule has 21 heavy (non-hydrogen) atoms. The highest BCUT2D eigenvalue weighted by molar-refractivity contribution is 5.56. The summed E-state index contributed by atoms with van der Waals surface area (Å²) in [5, 5.41) is 3.60. The highest BCUT2D eigenvalue weighted by Gasteiger charge is 2.26. The minimum absolute atomic E-state index is 0.530. The highest BCUT2D eigenvalue weighted by Crippen LogP contribution is 2.39. The summed E-state index contributed by atoms with van der Waals surface area (Å²) in [6.07, 6.45) is 3.31. The Hall–Kier alpha value is -1.96. The smallest absolute Gasteiger partial charge is 0.125 e. The molecule has 2 heteroatoms. The lowest BCUT2D eigenvalue weighted by Gasteiger charge is -2.31. The van der Waals surface area contributed by atoms with Crippen molar-refractivity contribution in [3.8, 4) is 5.75 Å². The van der Waals surface area contributed by atoms with Crippen LogP contribution in [0.2, 0.25) is 0 Å². The van der Waals surface area contributed by atoms with Crippen LogP contribution in [-0.2, 0) is 12.8 Å². The predicted octanol–water partition coefficient (Wildman–Crippen LogP) is 4.15.